The van der Waals surface area contributed by atoms with Crippen molar-refractivity contribution in [2.45, 2.75) is 37.5 Å². The number of hydrogen-bond acceptors (Lipinski definition) is 5. The zero-order chi connectivity index (χ0) is 19.3. The molecule has 1 aromatic rings. The number of amides is 2. The fourth-order valence-corrected chi connectivity index (χ4v) is 3.64. The molecule has 1 heterocycles. The summed E-state index contributed by atoms with van der Waals surface area (Å²) in [6.07, 6.45) is 2.23. The number of carbonyl (C=O) groups excluding carboxylic acids is 2. The molecule has 1 aromatic carbocycles. The summed E-state index contributed by atoms with van der Waals surface area (Å²) in [5, 5.41) is 7.78. The van der Waals surface area contributed by atoms with Crippen molar-refractivity contribution >= 4 is 33.2 Å². The highest BCUT2D eigenvalue weighted by atomic mass is 32.2. The molecule has 1 aliphatic heterocycles. The number of nitrogens with zero attached hydrogens (tertiary/aromatic N) is 3. The number of anilines is 1. The zero-order valence-corrected chi connectivity index (χ0v) is 16.0. The predicted octanol–water partition coefficient (Wildman–Crippen LogP) is 1.65. The number of hydrogen-bond donors (Lipinski definition) is 1. The van der Waals surface area contributed by atoms with E-state index in [1.54, 1.807) is 7.05 Å². The van der Waals surface area contributed by atoms with Crippen LogP contribution in [0.25, 0.3) is 0 Å². The van der Waals surface area contributed by atoms with Crippen molar-refractivity contribution in [1.82, 2.24) is 9.31 Å². The summed E-state index contributed by atoms with van der Waals surface area (Å²) in [7, 11) is -0.479. The summed E-state index contributed by atoms with van der Waals surface area (Å²) in [4.78, 5) is 23.8. The summed E-state index contributed by atoms with van der Waals surface area (Å²) in [5.74, 6) is -0.539. The minimum atomic E-state index is -3.54. The summed E-state index contributed by atoms with van der Waals surface area (Å²) in [5.41, 5.74) is 0.732. The third-order valence-electron chi connectivity index (χ3n) is 4.12. The molecule has 1 aliphatic rings. The largest absolute Gasteiger partial charge is 0.321 e. The molecule has 2 amide bonds. The summed E-state index contributed by atoms with van der Waals surface area (Å²) < 4.78 is 26.3. The lowest BCUT2D eigenvalue weighted by Gasteiger charge is -2.19. The van der Waals surface area contributed by atoms with Crippen LogP contribution in [0, 0.1) is 0 Å². The van der Waals surface area contributed by atoms with Gasteiger partial charge in [-0.15, -0.1) is 0 Å². The van der Waals surface area contributed by atoms with Gasteiger partial charge in [-0.2, -0.15) is 5.10 Å². The number of benzene rings is 1. The van der Waals surface area contributed by atoms with Crippen molar-refractivity contribution in [1.29, 1.82) is 0 Å². The van der Waals surface area contributed by atoms with E-state index >= 15 is 0 Å². The van der Waals surface area contributed by atoms with Gasteiger partial charge in [-0.1, -0.05) is 13.3 Å². The standard InChI is InChI=1S/C17H24N4O4S/c1-4-5-12-20(2)26(24,25)14-8-6-13(7-9-14)18-17(23)15-10-11-16(22)21(3)19-15/h6-9H,4-5,10-12H2,1-3H3,(H,18,23). The molecule has 0 saturated heterocycles. The summed E-state index contributed by atoms with van der Waals surface area (Å²) in [6, 6.07) is 6.00. The Morgan fingerprint density at radius 3 is 2.50 bits per heavy atom. The first-order valence-electron chi connectivity index (χ1n) is 8.47. The maximum atomic E-state index is 12.5. The number of nitrogens with one attached hydrogen (secondary N) is 1. The molecule has 26 heavy (non-hydrogen) atoms. The molecule has 0 saturated carbocycles. The topological polar surface area (TPSA) is 99.2 Å². The van der Waals surface area contributed by atoms with E-state index in [0.717, 1.165) is 17.9 Å². The molecule has 142 valence electrons. The van der Waals surface area contributed by atoms with Gasteiger partial charge >= 0.3 is 0 Å². The lowest BCUT2D eigenvalue weighted by Crippen LogP contribution is -2.34. The minimum absolute atomic E-state index is 0.136. The Balaban J connectivity index is 2.07. The predicted molar refractivity (Wildman–Crippen MR) is 99.2 cm³/mol. The first kappa shape index (κ1) is 20.1. The number of unbranched alkanes of at least 4 members (excludes halogenated alkanes) is 1. The van der Waals surface area contributed by atoms with E-state index in [-0.39, 0.29) is 29.4 Å². The van der Waals surface area contributed by atoms with Crippen LogP contribution in [0.3, 0.4) is 0 Å². The molecule has 0 aromatic heterocycles. The molecule has 0 radical (unpaired) electrons. The van der Waals surface area contributed by atoms with Gasteiger partial charge in [0.05, 0.1) is 4.90 Å². The Bertz CT molecular complexity index is 803. The number of sulfonamides is 1. The molecule has 0 spiro atoms. The van der Waals surface area contributed by atoms with Gasteiger partial charge in [-0.05, 0) is 30.7 Å². The highest BCUT2D eigenvalue weighted by Crippen LogP contribution is 2.18. The third kappa shape index (κ3) is 4.67. The molecule has 1 N–H and O–H groups in total. The highest BCUT2D eigenvalue weighted by molar-refractivity contribution is 7.89. The van der Waals surface area contributed by atoms with Gasteiger partial charge in [-0.3, -0.25) is 9.59 Å². The molecule has 2 rings (SSSR count). The van der Waals surface area contributed by atoms with Crippen LogP contribution in [0.5, 0.6) is 0 Å². The van der Waals surface area contributed by atoms with Crippen LogP contribution in [0.2, 0.25) is 0 Å². The fraction of sp³-hybridized carbons (Fsp3) is 0.471. The highest BCUT2D eigenvalue weighted by Gasteiger charge is 2.23. The van der Waals surface area contributed by atoms with Crippen molar-refractivity contribution in [3.05, 3.63) is 24.3 Å². The third-order valence-corrected chi connectivity index (χ3v) is 5.99. The maximum Gasteiger partial charge on any atom is 0.271 e. The molecule has 9 heteroatoms. The molecule has 0 fully saturated rings. The van der Waals surface area contributed by atoms with Crippen LogP contribution >= 0.6 is 0 Å². The Hall–Kier alpha value is -2.26. The Kier molecular flexibility index (Phi) is 6.49. The Morgan fingerprint density at radius 1 is 1.27 bits per heavy atom. The molecule has 8 nitrogen and oxygen atoms in total. The van der Waals surface area contributed by atoms with Gasteiger partial charge in [0.2, 0.25) is 15.9 Å². The Labute approximate surface area is 153 Å². The molecule has 0 atom stereocenters. The molecular formula is C17H24N4O4S. The molecule has 0 aliphatic carbocycles. The van der Waals surface area contributed by atoms with Crippen LogP contribution in [0.1, 0.15) is 32.6 Å². The van der Waals surface area contributed by atoms with E-state index in [9.17, 15) is 18.0 Å². The SMILES string of the molecule is CCCCN(C)S(=O)(=O)c1ccc(NC(=O)C2=NN(C)C(=O)CC2)cc1. The van der Waals surface area contributed by atoms with E-state index < -0.39 is 15.9 Å². The van der Waals surface area contributed by atoms with Gasteiger partial charge in [0, 0.05) is 39.2 Å². The zero-order valence-electron chi connectivity index (χ0n) is 15.2. The van der Waals surface area contributed by atoms with Gasteiger partial charge in [0.15, 0.2) is 0 Å². The van der Waals surface area contributed by atoms with Crippen molar-refractivity contribution < 1.29 is 18.0 Å². The molecule has 0 unspecified atom stereocenters. The van der Waals surface area contributed by atoms with Crippen LogP contribution in [0.15, 0.2) is 34.3 Å². The van der Waals surface area contributed by atoms with Gasteiger partial charge in [-0.25, -0.2) is 17.7 Å². The van der Waals surface area contributed by atoms with E-state index in [0.29, 0.717) is 12.2 Å². The monoisotopic (exact) mass is 380 g/mol. The van der Waals surface area contributed by atoms with Crippen molar-refractivity contribution in [3.63, 3.8) is 0 Å². The number of rotatable bonds is 7. The van der Waals surface area contributed by atoms with E-state index in [1.165, 1.54) is 35.6 Å². The average molecular weight is 380 g/mol. The van der Waals surface area contributed by atoms with Crippen molar-refractivity contribution in [2.24, 2.45) is 5.10 Å². The summed E-state index contributed by atoms with van der Waals surface area (Å²) in [6.45, 7) is 2.46. The normalized spacial score (nSPS) is 15.2. The van der Waals surface area contributed by atoms with Crippen LogP contribution in [-0.2, 0) is 19.6 Å². The minimum Gasteiger partial charge on any atom is -0.321 e. The smallest absolute Gasteiger partial charge is 0.271 e. The lowest BCUT2D eigenvalue weighted by atomic mass is 10.1. The van der Waals surface area contributed by atoms with Gasteiger partial charge in [0.1, 0.15) is 5.71 Å². The maximum absolute atomic E-state index is 12.5. The van der Waals surface area contributed by atoms with Gasteiger partial charge < -0.3 is 5.32 Å². The van der Waals surface area contributed by atoms with Crippen LogP contribution < -0.4 is 5.32 Å². The van der Waals surface area contributed by atoms with Gasteiger partial charge in [0.25, 0.3) is 5.91 Å². The quantitative estimate of drug-likeness (QED) is 0.777. The van der Waals surface area contributed by atoms with E-state index in [2.05, 4.69) is 10.4 Å². The second kappa shape index (κ2) is 8.41. The Morgan fingerprint density at radius 2 is 1.92 bits per heavy atom. The lowest BCUT2D eigenvalue weighted by molar-refractivity contribution is -0.130. The second-order valence-corrected chi connectivity index (χ2v) is 8.17. The van der Waals surface area contributed by atoms with Crippen LogP contribution in [-0.4, -0.2) is 55.9 Å². The second-order valence-electron chi connectivity index (χ2n) is 6.12. The van der Waals surface area contributed by atoms with Crippen molar-refractivity contribution in [2.75, 3.05) is 26.0 Å². The first-order valence-corrected chi connectivity index (χ1v) is 9.91. The van der Waals surface area contributed by atoms with E-state index in [1.807, 2.05) is 6.92 Å². The van der Waals surface area contributed by atoms with Crippen molar-refractivity contribution in [3.8, 4) is 0 Å². The first-order chi connectivity index (χ1) is 12.3. The molecular weight excluding hydrogens is 356 g/mol. The average Bonchev–Trinajstić information content (AvgIpc) is 2.62. The number of carbonyl (C=O) groups is 2. The fourth-order valence-electron chi connectivity index (χ4n) is 2.43. The van der Waals surface area contributed by atoms with E-state index in [4.69, 9.17) is 0 Å². The summed E-state index contributed by atoms with van der Waals surface area (Å²) >= 11 is 0. The van der Waals surface area contributed by atoms with Crippen LogP contribution in [0.4, 0.5) is 5.69 Å². The molecule has 0 bridgehead atoms. The number of hydrazone groups is 1.